The van der Waals surface area contributed by atoms with Crippen LogP contribution in [-0.2, 0) is 15.6 Å². The van der Waals surface area contributed by atoms with Gasteiger partial charge >= 0.3 is 0 Å². The normalized spacial score (nSPS) is 15.9. The molecule has 0 bridgehead atoms. The average molecular weight is 394 g/mol. The quantitative estimate of drug-likeness (QED) is 0.653. The number of phenols is 2. The van der Waals surface area contributed by atoms with Crippen LogP contribution in [0.15, 0.2) is 30.3 Å². The van der Waals surface area contributed by atoms with Crippen molar-refractivity contribution < 1.29 is 15.0 Å². The number of benzene rings is 2. The van der Waals surface area contributed by atoms with Crippen LogP contribution in [0, 0.1) is 0 Å². The zero-order valence-electron chi connectivity index (χ0n) is 18.4. The van der Waals surface area contributed by atoms with E-state index in [9.17, 15) is 15.0 Å². The van der Waals surface area contributed by atoms with E-state index in [1.807, 2.05) is 25.1 Å². The van der Waals surface area contributed by atoms with Gasteiger partial charge in [0.15, 0.2) is 0 Å². The van der Waals surface area contributed by atoms with E-state index in [2.05, 4.69) is 41.5 Å². The smallest absolute Gasteiger partial charge is 0.258 e. The number of anilines is 1. The Bertz CT molecular complexity index is 969. The fourth-order valence-corrected chi connectivity index (χ4v) is 3.85. The first-order valence-corrected chi connectivity index (χ1v) is 10.1. The van der Waals surface area contributed by atoms with Gasteiger partial charge in [0, 0.05) is 28.8 Å². The molecule has 1 aliphatic heterocycles. The molecule has 2 N–H and O–H groups in total. The van der Waals surface area contributed by atoms with E-state index >= 15 is 0 Å². The highest BCUT2D eigenvalue weighted by Gasteiger charge is 2.32. The lowest BCUT2D eigenvalue weighted by Gasteiger charge is -2.28. The van der Waals surface area contributed by atoms with Crippen LogP contribution in [0.5, 0.6) is 11.5 Å². The van der Waals surface area contributed by atoms with Gasteiger partial charge < -0.3 is 15.1 Å². The molecule has 29 heavy (non-hydrogen) atoms. The van der Waals surface area contributed by atoms with Crippen molar-refractivity contribution in [1.82, 2.24) is 0 Å². The second kappa shape index (κ2) is 6.94. The fourth-order valence-electron chi connectivity index (χ4n) is 3.85. The molecule has 2 aromatic carbocycles. The molecule has 154 valence electrons. The number of likely N-dealkylation sites (N-methyl/N-ethyl adjacent to an activating group) is 1. The van der Waals surface area contributed by atoms with Crippen molar-refractivity contribution in [2.75, 3.05) is 11.4 Å². The number of amides is 1. The minimum atomic E-state index is -0.246. The summed E-state index contributed by atoms with van der Waals surface area (Å²) in [6.45, 7) is 14.9. The van der Waals surface area contributed by atoms with Gasteiger partial charge in [-0.05, 0) is 59.7 Å². The summed E-state index contributed by atoms with van der Waals surface area (Å²) in [4.78, 5) is 14.8. The average Bonchev–Trinajstić information content (AvgIpc) is 2.85. The Labute approximate surface area is 173 Å². The first kappa shape index (κ1) is 21.0. The predicted octanol–water partition coefficient (Wildman–Crippen LogP) is 5.60. The number of fused-ring (bicyclic) bond motifs is 1. The van der Waals surface area contributed by atoms with Crippen molar-refractivity contribution >= 4 is 23.2 Å². The fraction of sp³-hybridized carbons (Fsp3) is 0.400. The van der Waals surface area contributed by atoms with Crippen molar-refractivity contribution in [2.24, 2.45) is 0 Å². The van der Waals surface area contributed by atoms with Crippen LogP contribution in [0.1, 0.15) is 70.7 Å². The summed E-state index contributed by atoms with van der Waals surface area (Å²) < 4.78 is 0. The molecule has 0 saturated heterocycles. The van der Waals surface area contributed by atoms with E-state index in [1.165, 1.54) is 0 Å². The summed E-state index contributed by atoms with van der Waals surface area (Å²) in [6, 6.07) is 8.95. The van der Waals surface area contributed by atoms with Crippen LogP contribution in [-0.4, -0.2) is 22.7 Å². The molecular formula is C25H31NO3. The number of aromatic hydroxyl groups is 2. The Morgan fingerprint density at radius 3 is 1.97 bits per heavy atom. The maximum atomic E-state index is 13.1. The summed E-state index contributed by atoms with van der Waals surface area (Å²) in [7, 11) is 0. The maximum absolute atomic E-state index is 13.1. The van der Waals surface area contributed by atoms with Crippen molar-refractivity contribution in [3.05, 3.63) is 52.6 Å². The predicted molar refractivity (Wildman–Crippen MR) is 120 cm³/mol. The Morgan fingerprint density at radius 1 is 0.931 bits per heavy atom. The number of nitrogens with zero attached hydrogens (tertiary/aromatic N) is 1. The van der Waals surface area contributed by atoms with Crippen LogP contribution in [0.3, 0.4) is 0 Å². The molecule has 0 radical (unpaired) electrons. The van der Waals surface area contributed by atoms with Gasteiger partial charge in [-0.25, -0.2) is 0 Å². The minimum absolute atomic E-state index is 0.0733. The summed E-state index contributed by atoms with van der Waals surface area (Å²) in [6.07, 6.45) is 1.88. The molecule has 0 aliphatic carbocycles. The van der Waals surface area contributed by atoms with Crippen molar-refractivity contribution in [1.29, 1.82) is 0 Å². The van der Waals surface area contributed by atoms with Crippen LogP contribution >= 0.6 is 0 Å². The van der Waals surface area contributed by atoms with Gasteiger partial charge in [-0.15, -0.1) is 0 Å². The standard InChI is InChI=1S/C25H31NO3/c1-8-26-21-10-9-16(27)14-17(21)18(23(26)29)11-15-12-19(24(2,3)4)22(28)20(13-15)25(5,6)7/h9-14,27-28H,8H2,1-7H3/b18-11+. The maximum Gasteiger partial charge on any atom is 0.258 e. The molecule has 0 spiro atoms. The van der Waals surface area contributed by atoms with E-state index in [1.54, 1.807) is 23.1 Å². The van der Waals surface area contributed by atoms with Crippen molar-refractivity contribution in [3.63, 3.8) is 0 Å². The van der Waals surface area contributed by atoms with E-state index in [-0.39, 0.29) is 22.5 Å². The zero-order chi connectivity index (χ0) is 21.7. The molecule has 0 saturated carbocycles. The number of hydrogen-bond acceptors (Lipinski definition) is 3. The number of phenolic OH excluding ortho intramolecular Hbond substituents is 2. The lowest BCUT2D eigenvalue weighted by molar-refractivity contribution is -0.112. The van der Waals surface area contributed by atoms with Crippen molar-refractivity contribution in [2.45, 2.75) is 59.3 Å². The van der Waals surface area contributed by atoms with Gasteiger partial charge in [-0.3, -0.25) is 4.79 Å². The first-order chi connectivity index (χ1) is 13.3. The largest absolute Gasteiger partial charge is 0.508 e. The highest BCUT2D eigenvalue weighted by atomic mass is 16.3. The van der Waals surface area contributed by atoms with Gasteiger partial charge in [0.25, 0.3) is 5.91 Å². The summed E-state index contributed by atoms with van der Waals surface area (Å²) >= 11 is 0. The van der Waals surface area contributed by atoms with Crippen LogP contribution in [0.2, 0.25) is 0 Å². The molecule has 0 unspecified atom stereocenters. The molecule has 0 fully saturated rings. The van der Waals surface area contributed by atoms with E-state index in [0.717, 1.165) is 27.9 Å². The Morgan fingerprint density at radius 2 is 1.48 bits per heavy atom. The number of rotatable bonds is 2. The highest BCUT2D eigenvalue weighted by molar-refractivity contribution is 6.35. The number of hydrogen-bond donors (Lipinski definition) is 2. The van der Waals surface area contributed by atoms with Crippen LogP contribution < -0.4 is 4.90 Å². The summed E-state index contributed by atoms with van der Waals surface area (Å²) in [5.74, 6) is 0.380. The monoisotopic (exact) mass is 393 g/mol. The molecule has 4 heteroatoms. The molecule has 0 aromatic heterocycles. The Hall–Kier alpha value is -2.75. The van der Waals surface area contributed by atoms with E-state index < -0.39 is 0 Å². The van der Waals surface area contributed by atoms with Crippen LogP contribution in [0.25, 0.3) is 11.6 Å². The molecular weight excluding hydrogens is 362 g/mol. The third-order valence-electron chi connectivity index (χ3n) is 5.41. The van der Waals surface area contributed by atoms with Gasteiger partial charge in [0.2, 0.25) is 0 Å². The highest BCUT2D eigenvalue weighted by Crippen LogP contribution is 2.43. The minimum Gasteiger partial charge on any atom is -0.508 e. The van der Waals surface area contributed by atoms with Gasteiger partial charge in [0.05, 0.1) is 5.69 Å². The third kappa shape index (κ3) is 3.76. The Balaban J connectivity index is 2.26. The molecule has 1 aliphatic rings. The molecule has 1 amide bonds. The molecule has 4 nitrogen and oxygen atoms in total. The van der Waals surface area contributed by atoms with E-state index in [0.29, 0.717) is 17.9 Å². The molecule has 3 rings (SSSR count). The van der Waals surface area contributed by atoms with Gasteiger partial charge in [0.1, 0.15) is 11.5 Å². The molecule has 1 heterocycles. The first-order valence-electron chi connectivity index (χ1n) is 10.1. The third-order valence-corrected chi connectivity index (χ3v) is 5.41. The topological polar surface area (TPSA) is 60.8 Å². The van der Waals surface area contributed by atoms with Crippen LogP contribution in [0.4, 0.5) is 5.69 Å². The summed E-state index contributed by atoms with van der Waals surface area (Å²) in [5, 5.41) is 20.9. The summed E-state index contributed by atoms with van der Waals surface area (Å²) in [5.41, 5.74) is 4.19. The molecule has 0 atom stereocenters. The SMILES string of the molecule is CCN1C(=O)/C(=C/c2cc(C(C)(C)C)c(O)c(C(C)(C)C)c2)c2cc(O)ccc21. The van der Waals surface area contributed by atoms with Gasteiger partial charge in [-0.1, -0.05) is 41.5 Å². The van der Waals surface area contributed by atoms with Gasteiger partial charge in [-0.2, -0.15) is 0 Å². The lowest BCUT2D eigenvalue weighted by atomic mass is 9.78. The number of carbonyl (C=O) groups excluding carboxylic acids is 1. The van der Waals surface area contributed by atoms with E-state index in [4.69, 9.17) is 0 Å². The second-order valence-corrected chi connectivity index (χ2v) is 9.77. The molecule has 2 aromatic rings. The second-order valence-electron chi connectivity index (χ2n) is 9.77. The zero-order valence-corrected chi connectivity index (χ0v) is 18.4. The Kier molecular flexibility index (Phi) is 5.02. The van der Waals surface area contributed by atoms with Crippen molar-refractivity contribution in [3.8, 4) is 11.5 Å². The number of carbonyl (C=O) groups is 1. The lowest BCUT2D eigenvalue weighted by Crippen LogP contribution is -2.25.